The first-order valence-corrected chi connectivity index (χ1v) is 10.5. The molecular formula is C22H15BrN2O4S. The normalized spacial score (nSPS) is 15.6. The predicted molar refractivity (Wildman–Crippen MR) is 117 cm³/mol. The van der Waals surface area contributed by atoms with Crippen LogP contribution in [0.5, 0.6) is 0 Å². The van der Waals surface area contributed by atoms with Gasteiger partial charge in [0.05, 0.1) is 10.2 Å². The number of anilines is 1. The highest BCUT2D eigenvalue weighted by atomic mass is 79.9. The van der Waals surface area contributed by atoms with Gasteiger partial charge in [0.2, 0.25) is 0 Å². The number of carbonyl (C=O) groups excluding carboxylic acids is 3. The van der Waals surface area contributed by atoms with Gasteiger partial charge in [-0.15, -0.1) is 0 Å². The molecule has 1 N–H and O–H groups in total. The summed E-state index contributed by atoms with van der Waals surface area (Å²) in [6.07, 6.45) is 1.34. The zero-order chi connectivity index (χ0) is 21.3. The number of benzene rings is 2. The molecule has 0 spiro atoms. The number of nitrogens with one attached hydrogen (secondary N) is 1. The Hall–Kier alpha value is -3.10. The SMILES string of the molecule is Cc1ccccc1N1C(=O)NC(=O)/C(=C\c2cc(Br)c(Sc3ccccc3)o2)C1=O. The van der Waals surface area contributed by atoms with E-state index in [4.69, 9.17) is 4.42 Å². The lowest BCUT2D eigenvalue weighted by Gasteiger charge is -2.27. The Morgan fingerprint density at radius 2 is 1.73 bits per heavy atom. The zero-order valence-electron chi connectivity index (χ0n) is 15.7. The van der Waals surface area contributed by atoms with Gasteiger partial charge < -0.3 is 4.42 Å². The van der Waals surface area contributed by atoms with E-state index < -0.39 is 17.8 Å². The van der Waals surface area contributed by atoms with Gasteiger partial charge in [0.15, 0.2) is 5.09 Å². The Kier molecular flexibility index (Phi) is 5.61. The van der Waals surface area contributed by atoms with Gasteiger partial charge in [-0.2, -0.15) is 0 Å². The van der Waals surface area contributed by atoms with Crippen molar-refractivity contribution in [3.05, 3.63) is 82.0 Å². The van der Waals surface area contributed by atoms with E-state index in [0.29, 0.717) is 21.0 Å². The lowest BCUT2D eigenvalue weighted by molar-refractivity contribution is -0.122. The van der Waals surface area contributed by atoms with Gasteiger partial charge in [0, 0.05) is 4.90 Å². The summed E-state index contributed by atoms with van der Waals surface area (Å²) in [5.41, 5.74) is 0.965. The Labute approximate surface area is 185 Å². The number of imide groups is 2. The number of aryl methyl sites for hydroxylation is 1. The maximum absolute atomic E-state index is 13.0. The fraction of sp³-hybridized carbons (Fsp3) is 0.0455. The van der Waals surface area contributed by atoms with Crippen LogP contribution in [0.15, 0.2) is 85.1 Å². The first-order chi connectivity index (χ1) is 14.4. The second kappa shape index (κ2) is 8.33. The second-order valence-electron chi connectivity index (χ2n) is 6.44. The van der Waals surface area contributed by atoms with E-state index in [9.17, 15) is 14.4 Å². The molecule has 3 aromatic rings. The van der Waals surface area contributed by atoms with Crippen molar-refractivity contribution < 1.29 is 18.8 Å². The fourth-order valence-corrected chi connectivity index (χ4v) is 4.29. The van der Waals surface area contributed by atoms with Gasteiger partial charge in [-0.1, -0.05) is 48.2 Å². The van der Waals surface area contributed by atoms with Gasteiger partial charge >= 0.3 is 6.03 Å². The minimum absolute atomic E-state index is 0.185. The summed E-state index contributed by atoms with van der Waals surface area (Å²) < 4.78 is 6.51. The molecule has 0 unspecified atom stereocenters. The van der Waals surface area contributed by atoms with Crippen LogP contribution in [0, 0.1) is 6.92 Å². The number of rotatable bonds is 4. The monoisotopic (exact) mass is 482 g/mol. The third kappa shape index (κ3) is 3.96. The van der Waals surface area contributed by atoms with E-state index in [2.05, 4.69) is 21.2 Å². The van der Waals surface area contributed by atoms with Crippen LogP contribution in [-0.2, 0) is 9.59 Å². The van der Waals surface area contributed by atoms with Crippen molar-refractivity contribution in [2.24, 2.45) is 0 Å². The summed E-state index contributed by atoms with van der Waals surface area (Å²) >= 11 is 4.85. The molecule has 150 valence electrons. The van der Waals surface area contributed by atoms with Crippen LogP contribution >= 0.6 is 27.7 Å². The van der Waals surface area contributed by atoms with E-state index in [1.54, 1.807) is 37.3 Å². The molecule has 4 amide bonds. The van der Waals surface area contributed by atoms with Crippen molar-refractivity contribution in [3.8, 4) is 0 Å². The highest BCUT2D eigenvalue weighted by Crippen LogP contribution is 2.36. The number of furan rings is 1. The highest BCUT2D eigenvalue weighted by molar-refractivity contribution is 9.10. The van der Waals surface area contributed by atoms with Crippen molar-refractivity contribution >= 4 is 57.3 Å². The summed E-state index contributed by atoms with van der Waals surface area (Å²) in [6.45, 7) is 1.78. The highest BCUT2D eigenvalue weighted by Gasteiger charge is 2.37. The quantitative estimate of drug-likeness (QED) is 0.409. The predicted octanol–water partition coefficient (Wildman–Crippen LogP) is 5.17. The van der Waals surface area contributed by atoms with Crippen LogP contribution in [0.4, 0.5) is 10.5 Å². The van der Waals surface area contributed by atoms with Gasteiger partial charge in [0.25, 0.3) is 11.8 Å². The van der Waals surface area contributed by atoms with Gasteiger partial charge in [0.1, 0.15) is 11.3 Å². The molecule has 1 aromatic heterocycles. The molecule has 2 aromatic carbocycles. The summed E-state index contributed by atoms with van der Waals surface area (Å²) in [6, 6.07) is 17.5. The topological polar surface area (TPSA) is 79.6 Å². The Balaban J connectivity index is 1.66. The summed E-state index contributed by atoms with van der Waals surface area (Å²) in [7, 11) is 0. The van der Waals surface area contributed by atoms with Crippen LogP contribution < -0.4 is 10.2 Å². The second-order valence-corrected chi connectivity index (χ2v) is 8.34. The minimum atomic E-state index is -0.780. The molecule has 0 radical (unpaired) electrons. The number of urea groups is 1. The molecular weight excluding hydrogens is 468 g/mol. The fourth-order valence-electron chi connectivity index (χ4n) is 2.94. The van der Waals surface area contributed by atoms with E-state index in [1.807, 2.05) is 30.3 Å². The molecule has 1 aliphatic rings. The molecule has 4 rings (SSSR count). The largest absolute Gasteiger partial charge is 0.449 e. The smallest absolute Gasteiger partial charge is 0.335 e. The van der Waals surface area contributed by atoms with Crippen molar-refractivity contribution in [2.45, 2.75) is 16.9 Å². The van der Waals surface area contributed by atoms with Crippen LogP contribution in [0.25, 0.3) is 6.08 Å². The average molecular weight is 483 g/mol. The van der Waals surface area contributed by atoms with Gasteiger partial charge in [-0.3, -0.25) is 14.9 Å². The molecule has 8 heteroatoms. The molecule has 30 heavy (non-hydrogen) atoms. The average Bonchev–Trinajstić information content (AvgIpc) is 3.06. The summed E-state index contributed by atoms with van der Waals surface area (Å²) in [5.74, 6) is -1.15. The molecule has 0 aliphatic carbocycles. The Morgan fingerprint density at radius 3 is 2.47 bits per heavy atom. The number of halogens is 1. The van der Waals surface area contributed by atoms with Gasteiger partial charge in [-0.25, -0.2) is 9.69 Å². The van der Waals surface area contributed by atoms with E-state index in [-0.39, 0.29) is 5.57 Å². The van der Waals surface area contributed by atoms with Crippen LogP contribution in [0.2, 0.25) is 0 Å². The van der Waals surface area contributed by atoms with Gasteiger partial charge in [-0.05, 0) is 58.8 Å². The van der Waals surface area contributed by atoms with Crippen LogP contribution in [0.3, 0.4) is 0 Å². The third-order valence-electron chi connectivity index (χ3n) is 4.37. The third-order valence-corrected chi connectivity index (χ3v) is 6.22. The number of nitrogens with zero attached hydrogens (tertiary/aromatic N) is 1. The Bertz CT molecular complexity index is 1190. The number of amides is 4. The van der Waals surface area contributed by atoms with E-state index in [0.717, 1.165) is 15.4 Å². The maximum Gasteiger partial charge on any atom is 0.335 e. The van der Waals surface area contributed by atoms with Crippen molar-refractivity contribution in [1.29, 1.82) is 0 Å². The molecule has 1 fully saturated rings. The van der Waals surface area contributed by atoms with E-state index >= 15 is 0 Å². The first-order valence-electron chi connectivity index (χ1n) is 8.93. The molecule has 6 nitrogen and oxygen atoms in total. The van der Waals surface area contributed by atoms with Crippen LogP contribution in [0.1, 0.15) is 11.3 Å². The lowest BCUT2D eigenvalue weighted by atomic mass is 10.1. The molecule has 1 aliphatic heterocycles. The number of para-hydroxylation sites is 1. The van der Waals surface area contributed by atoms with Crippen molar-refractivity contribution in [2.75, 3.05) is 4.90 Å². The van der Waals surface area contributed by atoms with Crippen molar-refractivity contribution in [3.63, 3.8) is 0 Å². The zero-order valence-corrected chi connectivity index (χ0v) is 18.1. The molecule has 2 heterocycles. The van der Waals surface area contributed by atoms with E-state index in [1.165, 1.54) is 17.8 Å². The number of carbonyl (C=O) groups is 3. The molecule has 0 atom stereocenters. The molecule has 1 saturated heterocycles. The minimum Gasteiger partial charge on any atom is -0.449 e. The maximum atomic E-state index is 13.0. The van der Waals surface area contributed by atoms with Crippen LogP contribution in [-0.4, -0.2) is 17.8 Å². The molecule has 0 bridgehead atoms. The number of hydrogen-bond acceptors (Lipinski definition) is 5. The summed E-state index contributed by atoms with van der Waals surface area (Å²) in [4.78, 5) is 39.6. The molecule has 0 saturated carbocycles. The lowest BCUT2D eigenvalue weighted by Crippen LogP contribution is -2.54. The number of barbiturate groups is 1. The number of hydrogen-bond donors (Lipinski definition) is 1. The standard InChI is InChI=1S/C22H15BrN2O4S/c1-13-7-5-6-10-18(13)25-20(27)16(19(26)24-22(25)28)11-14-12-17(23)21(29-14)30-15-8-3-2-4-9-15/h2-12H,1H3,(H,24,26,28)/b16-11+. The Morgan fingerprint density at radius 1 is 1.03 bits per heavy atom. The van der Waals surface area contributed by atoms with Crippen molar-refractivity contribution in [1.82, 2.24) is 5.32 Å². The summed E-state index contributed by atoms with van der Waals surface area (Å²) in [5, 5.41) is 2.80. The first kappa shape index (κ1) is 20.2.